The van der Waals surface area contributed by atoms with E-state index in [0.717, 1.165) is 46.1 Å². The van der Waals surface area contributed by atoms with Crippen LogP contribution in [0, 0.1) is 0 Å². The van der Waals surface area contributed by atoms with Crippen molar-refractivity contribution in [2.45, 2.75) is 29.0 Å². The van der Waals surface area contributed by atoms with Gasteiger partial charge in [0, 0.05) is 23.7 Å². The Morgan fingerprint density at radius 1 is 1.06 bits per heavy atom. The van der Waals surface area contributed by atoms with E-state index >= 15 is 0 Å². The zero-order valence-electron chi connectivity index (χ0n) is 17.3. The van der Waals surface area contributed by atoms with Gasteiger partial charge in [-0.1, -0.05) is 66.0 Å². The molecular formula is C23H21N5S3. The molecule has 0 radical (unpaired) electrons. The first-order valence-corrected chi connectivity index (χ1v) is 13.3. The predicted molar refractivity (Wildman–Crippen MR) is 131 cm³/mol. The minimum atomic E-state index is 0.848. The van der Waals surface area contributed by atoms with E-state index in [0.29, 0.717) is 0 Å². The number of rotatable bonds is 4. The number of nitrogens with zero attached hydrogens (tertiary/aromatic N) is 5. The Labute approximate surface area is 192 Å². The third-order valence-electron chi connectivity index (χ3n) is 5.89. The molecule has 6 rings (SSSR count). The van der Waals surface area contributed by atoms with Crippen LogP contribution < -0.4 is 0 Å². The van der Waals surface area contributed by atoms with Gasteiger partial charge < -0.3 is 4.90 Å². The van der Waals surface area contributed by atoms with E-state index in [2.05, 4.69) is 75.3 Å². The fraction of sp³-hybridized carbons (Fsp3) is 0.261. The SMILES string of the molecule is CSc1nc2sc3c(c2c2nnc(SCc4cccc5ccccc45)n12)CCN(C)C3. The number of hydrogen-bond donors (Lipinski definition) is 0. The van der Waals surface area contributed by atoms with Crippen molar-refractivity contribution in [3.8, 4) is 0 Å². The van der Waals surface area contributed by atoms with Crippen molar-refractivity contribution in [1.82, 2.24) is 24.5 Å². The van der Waals surface area contributed by atoms with Gasteiger partial charge in [-0.05, 0) is 41.6 Å². The quantitative estimate of drug-likeness (QED) is 0.259. The molecule has 0 spiro atoms. The second kappa shape index (κ2) is 7.78. The minimum absolute atomic E-state index is 0.848. The Hall–Kier alpha value is -2.13. The molecule has 8 heteroatoms. The van der Waals surface area contributed by atoms with Gasteiger partial charge in [-0.2, -0.15) is 0 Å². The number of benzene rings is 2. The third-order valence-corrected chi connectivity index (χ3v) is 8.62. The highest BCUT2D eigenvalue weighted by Crippen LogP contribution is 2.38. The largest absolute Gasteiger partial charge is 0.301 e. The molecule has 0 saturated carbocycles. The number of thiophene rings is 1. The smallest absolute Gasteiger partial charge is 0.198 e. The summed E-state index contributed by atoms with van der Waals surface area (Å²) in [6, 6.07) is 15.1. The van der Waals surface area contributed by atoms with Gasteiger partial charge in [0.05, 0.1) is 5.39 Å². The molecule has 0 aliphatic carbocycles. The van der Waals surface area contributed by atoms with Crippen LogP contribution in [-0.2, 0) is 18.7 Å². The van der Waals surface area contributed by atoms with Crippen molar-refractivity contribution >= 4 is 61.5 Å². The number of hydrogen-bond acceptors (Lipinski definition) is 7. The Morgan fingerprint density at radius 3 is 2.84 bits per heavy atom. The van der Waals surface area contributed by atoms with Crippen LogP contribution in [0.2, 0.25) is 0 Å². The average molecular weight is 464 g/mol. The molecule has 0 fully saturated rings. The number of thioether (sulfide) groups is 2. The zero-order valence-corrected chi connectivity index (χ0v) is 19.8. The van der Waals surface area contributed by atoms with E-state index in [4.69, 9.17) is 4.98 Å². The molecule has 1 aliphatic heterocycles. The summed E-state index contributed by atoms with van der Waals surface area (Å²) >= 11 is 5.21. The lowest BCUT2D eigenvalue weighted by Gasteiger charge is -2.21. The maximum absolute atomic E-state index is 5.02. The summed E-state index contributed by atoms with van der Waals surface area (Å²) in [5.41, 5.74) is 3.69. The van der Waals surface area contributed by atoms with Gasteiger partial charge in [0.15, 0.2) is 16.0 Å². The number of aromatic nitrogens is 4. The van der Waals surface area contributed by atoms with Crippen LogP contribution in [0.15, 0.2) is 52.8 Å². The highest BCUT2D eigenvalue weighted by Gasteiger charge is 2.25. The molecule has 31 heavy (non-hydrogen) atoms. The van der Waals surface area contributed by atoms with E-state index in [9.17, 15) is 0 Å². The fourth-order valence-electron chi connectivity index (χ4n) is 4.36. The van der Waals surface area contributed by atoms with Gasteiger partial charge in [-0.3, -0.25) is 0 Å². The van der Waals surface area contributed by atoms with E-state index in [1.165, 1.54) is 32.2 Å². The summed E-state index contributed by atoms with van der Waals surface area (Å²) < 4.78 is 2.16. The Morgan fingerprint density at radius 2 is 1.94 bits per heavy atom. The van der Waals surface area contributed by atoms with Crippen LogP contribution in [0.1, 0.15) is 16.0 Å². The molecule has 5 nitrogen and oxygen atoms in total. The van der Waals surface area contributed by atoms with Gasteiger partial charge in [0.1, 0.15) is 4.83 Å². The first-order chi connectivity index (χ1) is 15.2. The molecule has 0 saturated heterocycles. The van der Waals surface area contributed by atoms with Crippen molar-refractivity contribution in [1.29, 1.82) is 0 Å². The normalized spacial score (nSPS) is 14.6. The summed E-state index contributed by atoms with van der Waals surface area (Å²) in [5, 5.41) is 14.9. The molecule has 0 N–H and O–H groups in total. The summed E-state index contributed by atoms with van der Waals surface area (Å²) in [7, 11) is 2.18. The van der Waals surface area contributed by atoms with Crippen molar-refractivity contribution in [3.05, 3.63) is 58.5 Å². The molecule has 0 bridgehead atoms. The topological polar surface area (TPSA) is 46.3 Å². The lowest BCUT2D eigenvalue weighted by atomic mass is 10.1. The van der Waals surface area contributed by atoms with Crippen molar-refractivity contribution in [2.24, 2.45) is 0 Å². The standard InChI is InChI=1S/C23H21N5S3/c1-27-11-10-17-18(12-27)31-21-19(17)20-25-26-23(28(20)22(24-21)29-2)30-13-15-8-5-7-14-6-3-4-9-16(14)15/h3-9H,10-13H2,1-2H3. The molecular weight excluding hydrogens is 442 g/mol. The van der Waals surface area contributed by atoms with Crippen LogP contribution in [0.5, 0.6) is 0 Å². The Balaban J connectivity index is 1.45. The van der Waals surface area contributed by atoms with Crippen molar-refractivity contribution in [3.63, 3.8) is 0 Å². The van der Waals surface area contributed by atoms with E-state index < -0.39 is 0 Å². The first-order valence-electron chi connectivity index (χ1n) is 10.2. The van der Waals surface area contributed by atoms with E-state index in [-0.39, 0.29) is 0 Å². The molecule has 3 aromatic heterocycles. The first kappa shape index (κ1) is 19.5. The maximum Gasteiger partial charge on any atom is 0.198 e. The van der Waals surface area contributed by atoms with Crippen molar-refractivity contribution in [2.75, 3.05) is 19.8 Å². The zero-order chi connectivity index (χ0) is 20.9. The highest BCUT2D eigenvalue weighted by atomic mass is 32.2. The summed E-state index contributed by atoms with van der Waals surface area (Å²) in [4.78, 5) is 9.91. The second-order valence-electron chi connectivity index (χ2n) is 7.84. The molecule has 156 valence electrons. The van der Waals surface area contributed by atoms with Crippen LogP contribution in [0.25, 0.3) is 26.6 Å². The maximum atomic E-state index is 5.02. The lowest BCUT2D eigenvalue weighted by Crippen LogP contribution is -2.25. The van der Waals surface area contributed by atoms with Gasteiger partial charge >= 0.3 is 0 Å². The summed E-state index contributed by atoms with van der Waals surface area (Å²) in [6.45, 7) is 2.07. The van der Waals surface area contributed by atoms with Crippen LogP contribution in [0.4, 0.5) is 0 Å². The summed E-state index contributed by atoms with van der Waals surface area (Å²) in [6.07, 6.45) is 3.13. The van der Waals surface area contributed by atoms with E-state index in [1.54, 1.807) is 23.5 Å². The number of fused-ring (bicyclic) bond motifs is 6. The summed E-state index contributed by atoms with van der Waals surface area (Å²) in [5.74, 6) is 0.848. The molecule has 0 unspecified atom stereocenters. The Kier molecular flexibility index (Phi) is 4.90. The van der Waals surface area contributed by atoms with Gasteiger partial charge in [0.2, 0.25) is 0 Å². The molecule has 0 atom stereocenters. The Bertz CT molecular complexity index is 1430. The third kappa shape index (κ3) is 3.24. The molecule has 2 aromatic carbocycles. The predicted octanol–water partition coefficient (Wildman–Crippen LogP) is 5.49. The van der Waals surface area contributed by atoms with Crippen molar-refractivity contribution < 1.29 is 0 Å². The van der Waals surface area contributed by atoms with Gasteiger partial charge in [0.25, 0.3) is 0 Å². The number of likely N-dealkylation sites (N-methyl/N-ethyl adjacent to an activating group) is 1. The van der Waals surface area contributed by atoms with Gasteiger partial charge in [-0.25, -0.2) is 9.38 Å². The second-order valence-corrected chi connectivity index (χ2v) is 10.6. The lowest BCUT2D eigenvalue weighted by molar-refractivity contribution is 0.318. The minimum Gasteiger partial charge on any atom is -0.301 e. The van der Waals surface area contributed by atoms with Crippen LogP contribution in [0.3, 0.4) is 0 Å². The van der Waals surface area contributed by atoms with E-state index in [1.807, 2.05) is 11.3 Å². The molecule has 4 heterocycles. The van der Waals surface area contributed by atoms with Crippen LogP contribution >= 0.6 is 34.9 Å². The van der Waals surface area contributed by atoms with Gasteiger partial charge in [-0.15, -0.1) is 21.5 Å². The monoisotopic (exact) mass is 463 g/mol. The highest BCUT2D eigenvalue weighted by molar-refractivity contribution is 7.99. The molecule has 5 aromatic rings. The molecule has 1 aliphatic rings. The fourth-order valence-corrected chi connectivity index (χ4v) is 7.24. The molecule has 0 amide bonds. The van der Waals surface area contributed by atoms with Crippen LogP contribution in [-0.4, -0.2) is 44.3 Å². The average Bonchev–Trinajstić information content (AvgIpc) is 3.37.